The van der Waals surface area contributed by atoms with E-state index in [1.807, 2.05) is 18.7 Å². The molecule has 27 heavy (non-hydrogen) atoms. The molecular formula is C18H26F3N3O3. The molecule has 2 heterocycles. The SMILES string of the molecule is COC1CN(CCc2cn(C(CC(C)C)C(N)=O)c(=O)cc2C(F)(F)F)C1. The van der Waals surface area contributed by atoms with E-state index in [0.717, 1.165) is 10.8 Å². The molecule has 2 N–H and O–H groups in total. The lowest BCUT2D eigenvalue weighted by atomic mass is 10.0. The van der Waals surface area contributed by atoms with E-state index < -0.39 is 29.2 Å². The van der Waals surface area contributed by atoms with E-state index in [-0.39, 0.29) is 30.4 Å². The average Bonchev–Trinajstić information content (AvgIpc) is 2.51. The van der Waals surface area contributed by atoms with Crippen molar-refractivity contribution in [1.29, 1.82) is 0 Å². The Morgan fingerprint density at radius 3 is 2.48 bits per heavy atom. The molecule has 1 aromatic heterocycles. The number of nitrogens with zero attached hydrogens (tertiary/aromatic N) is 2. The summed E-state index contributed by atoms with van der Waals surface area (Å²) in [6.07, 6.45) is -3.00. The van der Waals surface area contributed by atoms with Crippen molar-refractivity contribution < 1.29 is 22.7 Å². The molecule has 0 spiro atoms. The Balaban J connectivity index is 2.33. The van der Waals surface area contributed by atoms with Crippen LogP contribution < -0.4 is 11.3 Å². The van der Waals surface area contributed by atoms with Crippen LogP contribution in [-0.2, 0) is 22.1 Å². The molecule has 1 saturated heterocycles. The van der Waals surface area contributed by atoms with Gasteiger partial charge in [0.25, 0.3) is 5.56 Å². The van der Waals surface area contributed by atoms with Gasteiger partial charge in [-0.2, -0.15) is 13.2 Å². The average molecular weight is 389 g/mol. The maximum Gasteiger partial charge on any atom is 0.416 e. The molecule has 0 saturated carbocycles. The number of amides is 1. The van der Waals surface area contributed by atoms with E-state index in [2.05, 4.69) is 0 Å². The molecule has 152 valence electrons. The topological polar surface area (TPSA) is 77.6 Å². The van der Waals surface area contributed by atoms with Gasteiger partial charge in [0.15, 0.2) is 0 Å². The van der Waals surface area contributed by atoms with E-state index >= 15 is 0 Å². The van der Waals surface area contributed by atoms with E-state index in [9.17, 15) is 22.8 Å². The predicted octanol–water partition coefficient (Wildman–Crippen LogP) is 1.81. The fourth-order valence-electron chi connectivity index (χ4n) is 3.24. The third-order valence-electron chi connectivity index (χ3n) is 4.78. The number of ether oxygens (including phenoxy) is 1. The van der Waals surface area contributed by atoms with Crippen LogP contribution in [-0.4, -0.2) is 48.2 Å². The number of hydrogen-bond acceptors (Lipinski definition) is 4. The van der Waals surface area contributed by atoms with Crippen LogP contribution in [0, 0.1) is 5.92 Å². The highest BCUT2D eigenvalue weighted by atomic mass is 19.4. The molecule has 0 aromatic carbocycles. The lowest BCUT2D eigenvalue weighted by Gasteiger charge is -2.38. The third-order valence-corrected chi connectivity index (χ3v) is 4.78. The van der Waals surface area contributed by atoms with Crippen molar-refractivity contribution in [2.75, 3.05) is 26.7 Å². The highest BCUT2D eigenvalue weighted by Gasteiger charge is 2.35. The van der Waals surface area contributed by atoms with Gasteiger partial charge < -0.3 is 15.0 Å². The summed E-state index contributed by atoms with van der Waals surface area (Å²) in [6, 6.07) is -0.403. The van der Waals surface area contributed by atoms with Crippen molar-refractivity contribution in [3.05, 3.63) is 33.7 Å². The van der Waals surface area contributed by atoms with Gasteiger partial charge in [0, 0.05) is 39.0 Å². The molecule has 0 bridgehead atoms. The lowest BCUT2D eigenvalue weighted by Crippen LogP contribution is -2.52. The largest absolute Gasteiger partial charge is 0.416 e. The maximum atomic E-state index is 13.4. The first kappa shape index (κ1) is 21.4. The Morgan fingerprint density at radius 1 is 1.37 bits per heavy atom. The first-order valence-electron chi connectivity index (χ1n) is 8.89. The molecule has 0 aliphatic carbocycles. The van der Waals surface area contributed by atoms with Crippen molar-refractivity contribution in [1.82, 2.24) is 9.47 Å². The van der Waals surface area contributed by atoms with Crippen LogP contribution in [0.4, 0.5) is 13.2 Å². The number of alkyl halides is 3. The predicted molar refractivity (Wildman–Crippen MR) is 94.3 cm³/mol. The van der Waals surface area contributed by atoms with Gasteiger partial charge in [-0.05, 0) is 24.3 Å². The van der Waals surface area contributed by atoms with Gasteiger partial charge >= 0.3 is 6.18 Å². The van der Waals surface area contributed by atoms with Crippen molar-refractivity contribution in [2.24, 2.45) is 11.7 Å². The summed E-state index contributed by atoms with van der Waals surface area (Å²) in [7, 11) is 1.60. The molecule has 9 heteroatoms. The number of halogens is 3. The van der Waals surface area contributed by atoms with Crippen LogP contribution in [0.5, 0.6) is 0 Å². The molecule has 1 fully saturated rings. The number of primary amides is 1. The number of carbonyl (C=O) groups is 1. The Kier molecular flexibility index (Phi) is 6.69. The molecular weight excluding hydrogens is 363 g/mol. The van der Waals surface area contributed by atoms with Gasteiger partial charge in [-0.25, -0.2) is 0 Å². The van der Waals surface area contributed by atoms with E-state index in [4.69, 9.17) is 10.5 Å². The molecule has 1 unspecified atom stereocenters. The van der Waals surface area contributed by atoms with Gasteiger partial charge in [-0.1, -0.05) is 13.8 Å². The van der Waals surface area contributed by atoms with Crippen LogP contribution in [0.2, 0.25) is 0 Å². The van der Waals surface area contributed by atoms with Crippen LogP contribution in [0.1, 0.15) is 37.4 Å². The van der Waals surface area contributed by atoms with Gasteiger partial charge in [-0.3, -0.25) is 14.5 Å². The summed E-state index contributed by atoms with van der Waals surface area (Å²) in [5.41, 5.74) is 3.55. The Labute approximate surface area is 156 Å². The van der Waals surface area contributed by atoms with Crippen molar-refractivity contribution >= 4 is 5.91 Å². The van der Waals surface area contributed by atoms with E-state index in [1.54, 1.807) is 7.11 Å². The molecule has 6 nitrogen and oxygen atoms in total. The van der Waals surface area contributed by atoms with Crippen molar-refractivity contribution in [2.45, 2.75) is 45.0 Å². The second kappa shape index (κ2) is 8.43. The molecule has 1 aromatic rings. The number of methoxy groups -OCH3 is 1. The molecule has 1 amide bonds. The van der Waals surface area contributed by atoms with Crippen molar-refractivity contribution in [3.63, 3.8) is 0 Å². The van der Waals surface area contributed by atoms with Crippen LogP contribution in [0.3, 0.4) is 0 Å². The monoisotopic (exact) mass is 389 g/mol. The van der Waals surface area contributed by atoms with Gasteiger partial charge in [0.2, 0.25) is 5.91 Å². The summed E-state index contributed by atoms with van der Waals surface area (Å²) < 4.78 is 46.4. The first-order chi connectivity index (χ1) is 12.5. The highest BCUT2D eigenvalue weighted by Crippen LogP contribution is 2.32. The Bertz CT molecular complexity index is 725. The zero-order valence-corrected chi connectivity index (χ0v) is 15.8. The lowest BCUT2D eigenvalue weighted by molar-refractivity contribution is -0.138. The molecule has 1 aliphatic rings. The summed E-state index contributed by atoms with van der Waals surface area (Å²) in [5.74, 6) is -0.686. The number of carbonyl (C=O) groups excluding carboxylic acids is 1. The number of likely N-dealkylation sites (tertiary alicyclic amines) is 1. The number of rotatable bonds is 8. The fraction of sp³-hybridized carbons (Fsp3) is 0.667. The number of hydrogen-bond donors (Lipinski definition) is 1. The first-order valence-corrected chi connectivity index (χ1v) is 8.89. The van der Waals surface area contributed by atoms with Crippen LogP contribution >= 0.6 is 0 Å². The second-order valence-corrected chi connectivity index (χ2v) is 7.37. The Morgan fingerprint density at radius 2 is 2.00 bits per heavy atom. The van der Waals surface area contributed by atoms with Gasteiger partial charge in [0.1, 0.15) is 6.04 Å². The summed E-state index contributed by atoms with van der Waals surface area (Å²) in [5, 5.41) is 0. The summed E-state index contributed by atoms with van der Waals surface area (Å²) in [6.45, 7) is 5.43. The smallest absolute Gasteiger partial charge is 0.379 e. The minimum atomic E-state index is -4.64. The minimum Gasteiger partial charge on any atom is -0.379 e. The summed E-state index contributed by atoms with van der Waals surface area (Å²) in [4.78, 5) is 26.0. The quantitative estimate of drug-likeness (QED) is 0.736. The number of pyridine rings is 1. The third kappa shape index (κ3) is 5.32. The molecule has 1 atom stereocenters. The molecule has 0 radical (unpaired) electrons. The zero-order valence-electron chi connectivity index (χ0n) is 15.8. The Hall–Kier alpha value is -1.87. The van der Waals surface area contributed by atoms with Crippen molar-refractivity contribution in [3.8, 4) is 0 Å². The minimum absolute atomic E-state index is 0.0158. The second-order valence-electron chi connectivity index (χ2n) is 7.37. The van der Waals surface area contributed by atoms with Gasteiger partial charge in [-0.15, -0.1) is 0 Å². The molecule has 2 rings (SSSR count). The maximum absolute atomic E-state index is 13.4. The number of nitrogens with two attached hydrogens (primary N) is 1. The summed E-state index contributed by atoms with van der Waals surface area (Å²) >= 11 is 0. The molecule has 1 aliphatic heterocycles. The van der Waals surface area contributed by atoms with Crippen LogP contribution in [0.15, 0.2) is 17.1 Å². The highest BCUT2D eigenvalue weighted by molar-refractivity contribution is 5.78. The zero-order chi connectivity index (χ0) is 20.4. The normalized spacial score (nSPS) is 17.1. The van der Waals surface area contributed by atoms with Gasteiger partial charge in [0.05, 0.1) is 11.7 Å². The number of aromatic nitrogens is 1. The van der Waals surface area contributed by atoms with Crippen LogP contribution in [0.25, 0.3) is 0 Å². The van der Waals surface area contributed by atoms with E-state index in [0.29, 0.717) is 25.7 Å². The van der Waals surface area contributed by atoms with E-state index in [1.165, 1.54) is 0 Å². The standard InChI is InChI=1S/C18H26F3N3O3/c1-11(2)6-15(17(22)26)24-8-12(4-5-23-9-13(10-23)27-3)14(7-16(24)25)18(19,20)21/h7-8,11,13,15H,4-6,9-10H2,1-3H3,(H2,22,26). The fourth-order valence-corrected chi connectivity index (χ4v) is 3.24.